The van der Waals surface area contributed by atoms with Crippen LogP contribution in [0.2, 0.25) is 0 Å². The fourth-order valence-corrected chi connectivity index (χ4v) is 2.70. The van der Waals surface area contributed by atoms with Crippen LogP contribution in [0, 0.1) is 5.82 Å². The maximum absolute atomic E-state index is 14.3. The number of anilines is 1. The lowest BCUT2D eigenvalue weighted by atomic mass is 10.0. The zero-order valence-corrected chi connectivity index (χ0v) is 15.9. The normalized spacial score (nSPS) is 15.2. The van der Waals surface area contributed by atoms with Crippen LogP contribution >= 0.6 is 12.4 Å². The van der Waals surface area contributed by atoms with Gasteiger partial charge >= 0.3 is 0 Å². The number of hydrogen-bond acceptors (Lipinski definition) is 6. The third-order valence-corrected chi connectivity index (χ3v) is 4.28. The molecular formula is C15H17ClFN5O4S. The smallest absolute Gasteiger partial charge is 0.274 e. The first-order chi connectivity index (χ1) is 12.1. The van der Waals surface area contributed by atoms with Gasteiger partial charge in [0.1, 0.15) is 17.8 Å². The molecule has 1 aliphatic heterocycles. The molecular weight excluding hydrogens is 401 g/mol. The van der Waals surface area contributed by atoms with E-state index in [0.29, 0.717) is 11.3 Å². The molecule has 3 rings (SSSR count). The molecule has 1 amide bonds. The van der Waals surface area contributed by atoms with Gasteiger partial charge in [-0.15, -0.1) is 12.4 Å². The highest BCUT2D eigenvalue weighted by Gasteiger charge is 2.37. The third-order valence-electron chi connectivity index (χ3n) is 3.73. The molecule has 1 aromatic carbocycles. The van der Waals surface area contributed by atoms with E-state index in [9.17, 15) is 17.6 Å². The molecule has 146 valence electrons. The van der Waals surface area contributed by atoms with Crippen molar-refractivity contribution >= 4 is 34.3 Å². The van der Waals surface area contributed by atoms with Crippen molar-refractivity contribution in [3.05, 3.63) is 35.9 Å². The number of nitrogens with zero attached hydrogens (tertiary/aromatic N) is 2. The first-order valence-corrected chi connectivity index (χ1v) is 9.03. The van der Waals surface area contributed by atoms with Gasteiger partial charge in [0.15, 0.2) is 17.2 Å². The molecule has 9 nitrogen and oxygen atoms in total. The van der Waals surface area contributed by atoms with E-state index < -0.39 is 21.6 Å². The van der Waals surface area contributed by atoms with Crippen molar-refractivity contribution in [1.29, 1.82) is 0 Å². The van der Waals surface area contributed by atoms with Gasteiger partial charge in [-0.2, -0.15) is 13.1 Å². The number of aromatic nitrogens is 2. The van der Waals surface area contributed by atoms with Crippen LogP contribution in [0.1, 0.15) is 19.4 Å². The Morgan fingerprint density at radius 1 is 1.33 bits per heavy atom. The molecule has 27 heavy (non-hydrogen) atoms. The van der Waals surface area contributed by atoms with Gasteiger partial charge in [0.05, 0.1) is 0 Å². The van der Waals surface area contributed by atoms with Crippen molar-refractivity contribution in [3.8, 4) is 17.0 Å². The van der Waals surface area contributed by atoms with Gasteiger partial charge < -0.3 is 10.1 Å². The Labute approximate surface area is 161 Å². The summed E-state index contributed by atoms with van der Waals surface area (Å²) in [5.74, 6) is -0.582. The minimum absolute atomic E-state index is 0. The molecule has 1 aliphatic rings. The van der Waals surface area contributed by atoms with E-state index >= 15 is 0 Å². The monoisotopic (exact) mass is 417 g/mol. The lowest BCUT2D eigenvalue weighted by Crippen LogP contribution is -2.46. The van der Waals surface area contributed by atoms with Crippen molar-refractivity contribution in [1.82, 2.24) is 14.7 Å². The van der Waals surface area contributed by atoms with Gasteiger partial charge in [-0.3, -0.25) is 4.79 Å². The topological polar surface area (TPSA) is 136 Å². The van der Waals surface area contributed by atoms with Crippen LogP contribution in [-0.2, 0) is 21.5 Å². The second-order valence-electron chi connectivity index (χ2n) is 6.14. The summed E-state index contributed by atoms with van der Waals surface area (Å²) in [6, 6.07) is 4.15. The van der Waals surface area contributed by atoms with Crippen LogP contribution in [0.25, 0.3) is 11.3 Å². The Bertz CT molecular complexity index is 1000. The number of carbonyl (C=O) groups excluding carboxylic acids is 1. The van der Waals surface area contributed by atoms with E-state index in [2.05, 4.69) is 15.3 Å². The summed E-state index contributed by atoms with van der Waals surface area (Å²) in [4.78, 5) is 20.0. The lowest BCUT2D eigenvalue weighted by Gasteiger charge is -2.31. The summed E-state index contributed by atoms with van der Waals surface area (Å²) in [6.07, 6.45) is 1.23. The maximum atomic E-state index is 14.3. The summed E-state index contributed by atoms with van der Waals surface area (Å²) < 4.78 is 43.9. The van der Waals surface area contributed by atoms with E-state index in [-0.39, 0.29) is 42.0 Å². The molecule has 2 aromatic rings. The number of benzene rings is 1. The molecule has 0 bridgehead atoms. The zero-order chi connectivity index (χ0) is 19.1. The molecule has 2 heterocycles. The second-order valence-corrected chi connectivity index (χ2v) is 7.52. The largest absolute Gasteiger partial charge is 0.472 e. The number of nitrogens with one attached hydrogen (secondary N) is 2. The van der Waals surface area contributed by atoms with E-state index in [4.69, 9.17) is 9.88 Å². The Morgan fingerprint density at radius 3 is 2.67 bits per heavy atom. The Kier molecular flexibility index (Phi) is 5.71. The Hall–Kier alpha value is -2.34. The molecule has 0 saturated heterocycles. The highest BCUT2D eigenvalue weighted by atomic mass is 35.5. The van der Waals surface area contributed by atoms with E-state index in [1.165, 1.54) is 18.5 Å². The number of hydrogen-bond donors (Lipinski definition) is 3. The van der Waals surface area contributed by atoms with Crippen molar-refractivity contribution in [2.45, 2.75) is 26.0 Å². The molecule has 0 aliphatic carbocycles. The Balaban J connectivity index is 0.00000261. The molecule has 0 spiro atoms. The van der Waals surface area contributed by atoms with E-state index in [1.54, 1.807) is 19.9 Å². The third kappa shape index (κ3) is 4.50. The fourth-order valence-electron chi connectivity index (χ4n) is 2.34. The van der Waals surface area contributed by atoms with Gasteiger partial charge in [-0.25, -0.2) is 19.5 Å². The Morgan fingerprint density at radius 2 is 2.04 bits per heavy atom. The quantitative estimate of drug-likeness (QED) is 0.681. The molecule has 12 heteroatoms. The number of fused-ring (bicyclic) bond motifs is 1. The highest BCUT2D eigenvalue weighted by molar-refractivity contribution is 7.87. The average Bonchev–Trinajstić information content (AvgIpc) is 2.53. The molecule has 4 N–H and O–H groups in total. The van der Waals surface area contributed by atoms with E-state index in [0.717, 1.165) is 0 Å². The summed E-state index contributed by atoms with van der Waals surface area (Å²) in [5, 5.41) is 7.46. The summed E-state index contributed by atoms with van der Waals surface area (Å²) in [7, 11) is -3.93. The summed E-state index contributed by atoms with van der Waals surface area (Å²) in [5.41, 5.74) is -0.342. The van der Waals surface area contributed by atoms with Crippen LogP contribution in [0.4, 0.5) is 10.2 Å². The fraction of sp³-hybridized carbons (Fsp3) is 0.267. The zero-order valence-electron chi connectivity index (χ0n) is 14.3. The lowest BCUT2D eigenvalue weighted by molar-refractivity contribution is -0.129. The number of amides is 1. The number of ether oxygens (including phenoxy) is 1. The number of halogens is 2. The number of nitrogens with two attached hydrogens (primary N) is 1. The molecule has 1 aromatic heterocycles. The van der Waals surface area contributed by atoms with Crippen LogP contribution in [0.15, 0.2) is 24.5 Å². The van der Waals surface area contributed by atoms with Crippen LogP contribution < -0.4 is 19.9 Å². The molecule has 0 atom stereocenters. The van der Waals surface area contributed by atoms with E-state index in [1.807, 2.05) is 4.72 Å². The summed E-state index contributed by atoms with van der Waals surface area (Å²) in [6.45, 7) is 2.89. The molecule has 0 saturated carbocycles. The van der Waals surface area contributed by atoms with Crippen LogP contribution in [0.5, 0.6) is 5.75 Å². The predicted octanol–water partition coefficient (Wildman–Crippen LogP) is 1.11. The standard InChI is InChI=1S/C15H16FN5O4S.ClH/c1-15(2)14(22)21-13-12(25-15)11(18-7-19-13)8-3-4-9(10(16)5-8)6-20-26(17,23)24;/h3-5,7,20H,6H2,1-2H3,(H2,17,23,24)(H,18,19,21,22);1H. The second kappa shape index (κ2) is 7.35. The maximum Gasteiger partial charge on any atom is 0.274 e. The van der Waals surface area contributed by atoms with Crippen molar-refractivity contribution in [2.75, 3.05) is 5.32 Å². The predicted molar refractivity (Wildman–Crippen MR) is 98.0 cm³/mol. The first kappa shape index (κ1) is 21.0. The molecule has 0 radical (unpaired) electrons. The van der Waals surface area contributed by atoms with Crippen molar-refractivity contribution < 1.29 is 22.3 Å². The number of carbonyl (C=O) groups is 1. The number of rotatable bonds is 4. The average molecular weight is 418 g/mol. The van der Waals surface area contributed by atoms with Gasteiger partial charge in [-0.1, -0.05) is 12.1 Å². The van der Waals surface area contributed by atoms with Crippen LogP contribution in [-0.4, -0.2) is 29.9 Å². The first-order valence-electron chi connectivity index (χ1n) is 7.48. The van der Waals surface area contributed by atoms with Gasteiger partial charge in [-0.05, 0) is 19.9 Å². The minimum atomic E-state index is -3.93. The van der Waals surface area contributed by atoms with Gasteiger partial charge in [0.25, 0.3) is 16.1 Å². The SMILES string of the molecule is CC1(C)Oc2c(ncnc2-c2ccc(CNS(N)(=O)=O)c(F)c2)NC1=O.Cl. The van der Waals surface area contributed by atoms with Gasteiger partial charge in [0, 0.05) is 17.7 Å². The molecule has 0 fully saturated rings. The van der Waals surface area contributed by atoms with Gasteiger partial charge in [0.2, 0.25) is 0 Å². The molecule has 0 unspecified atom stereocenters. The van der Waals surface area contributed by atoms with Crippen molar-refractivity contribution in [2.24, 2.45) is 5.14 Å². The minimum Gasteiger partial charge on any atom is -0.472 e. The van der Waals surface area contributed by atoms with Crippen molar-refractivity contribution in [3.63, 3.8) is 0 Å². The summed E-state index contributed by atoms with van der Waals surface area (Å²) >= 11 is 0. The van der Waals surface area contributed by atoms with Crippen LogP contribution in [0.3, 0.4) is 0 Å². The highest BCUT2D eigenvalue weighted by Crippen LogP contribution is 2.39.